The first kappa shape index (κ1) is 15.4. The smallest absolute Gasteiger partial charge is 0.245 e. The van der Waals surface area contributed by atoms with E-state index >= 15 is 0 Å². The van der Waals surface area contributed by atoms with Gasteiger partial charge in [-0.15, -0.1) is 10.3 Å². The first-order valence-electron chi connectivity index (χ1n) is 6.81. The minimum absolute atomic E-state index is 0.0273. The van der Waals surface area contributed by atoms with Crippen LogP contribution in [0.3, 0.4) is 0 Å². The first-order chi connectivity index (χ1) is 8.02. The molecule has 1 aliphatic rings. The van der Waals surface area contributed by atoms with Gasteiger partial charge in [-0.2, -0.15) is 0 Å². The van der Waals surface area contributed by atoms with Gasteiger partial charge < -0.3 is 4.90 Å². The topological polar surface area (TPSA) is 43.5 Å². The Bertz CT molecular complexity index is 326. The number of hydrogen-bond acceptors (Lipinski definition) is 2. The molecule has 0 aromatic rings. The van der Waals surface area contributed by atoms with Crippen LogP contribution >= 0.6 is 0 Å². The van der Waals surface area contributed by atoms with Crippen LogP contribution < -0.4 is 0 Å². The molecular formula is C14H27N2O2. The van der Waals surface area contributed by atoms with E-state index in [-0.39, 0.29) is 11.9 Å². The highest BCUT2D eigenvalue weighted by Crippen LogP contribution is 2.36. The fraction of sp³-hybridized carbons (Fsp3) is 0.929. The molecule has 0 saturated carbocycles. The van der Waals surface area contributed by atoms with Crippen molar-refractivity contribution in [2.45, 2.75) is 72.0 Å². The van der Waals surface area contributed by atoms with Crippen molar-refractivity contribution < 1.29 is 10.0 Å². The maximum atomic E-state index is 12.6. The second kappa shape index (κ2) is 4.82. The summed E-state index contributed by atoms with van der Waals surface area (Å²) in [6, 6.07) is 0.136. The quantitative estimate of drug-likeness (QED) is 0.777. The van der Waals surface area contributed by atoms with Gasteiger partial charge >= 0.3 is 0 Å². The van der Waals surface area contributed by atoms with Gasteiger partial charge in [-0.3, -0.25) is 4.79 Å². The largest absolute Gasteiger partial charge is 0.337 e. The summed E-state index contributed by atoms with van der Waals surface area (Å²) in [5.41, 5.74) is -1.46. The summed E-state index contributed by atoms with van der Waals surface area (Å²) in [4.78, 5) is 14.5. The lowest BCUT2D eigenvalue weighted by molar-refractivity contribution is -0.292. The molecule has 1 aliphatic heterocycles. The van der Waals surface area contributed by atoms with Crippen molar-refractivity contribution >= 4 is 5.91 Å². The van der Waals surface area contributed by atoms with Crippen LogP contribution in [0.25, 0.3) is 0 Å². The van der Waals surface area contributed by atoms with Crippen molar-refractivity contribution in [2.75, 3.05) is 6.54 Å². The van der Waals surface area contributed by atoms with E-state index in [1.807, 2.05) is 46.4 Å². The summed E-state index contributed by atoms with van der Waals surface area (Å²) in [5, 5.41) is 13.6. The standard InChI is InChI=1S/C14H27N2O2/c1-10(2)8-14(7)12(17)15(11(3)4)9-13(5,6)16(14)18/h10-11H,8-9H2,1-7H3. The number of piperazine rings is 1. The number of hydrogen-bond donors (Lipinski definition) is 0. The number of rotatable bonds is 3. The van der Waals surface area contributed by atoms with Crippen LogP contribution in [0.2, 0.25) is 0 Å². The molecule has 0 spiro atoms. The molecule has 4 nitrogen and oxygen atoms in total. The van der Waals surface area contributed by atoms with E-state index in [9.17, 15) is 10.0 Å². The molecule has 1 heterocycles. The number of hydroxylamine groups is 2. The monoisotopic (exact) mass is 255 g/mol. The van der Waals surface area contributed by atoms with Gasteiger partial charge in [0, 0.05) is 12.6 Å². The molecule has 105 valence electrons. The first-order valence-corrected chi connectivity index (χ1v) is 6.81. The number of nitrogens with zero attached hydrogens (tertiary/aromatic N) is 2. The van der Waals surface area contributed by atoms with Gasteiger partial charge in [0.25, 0.3) is 0 Å². The summed E-state index contributed by atoms with van der Waals surface area (Å²) in [6.45, 7) is 14.2. The van der Waals surface area contributed by atoms with Crippen LogP contribution in [-0.4, -0.2) is 39.5 Å². The van der Waals surface area contributed by atoms with Crippen molar-refractivity contribution in [2.24, 2.45) is 5.92 Å². The molecule has 0 bridgehead atoms. The Labute approximate surface area is 111 Å². The molecule has 0 N–H and O–H groups in total. The van der Waals surface area contributed by atoms with Gasteiger partial charge in [0.15, 0.2) is 0 Å². The highest BCUT2D eigenvalue weighted by atomic mass is 16.5. The average molecular weight is 255 g/mol. The minimum Gasteiger partial charge on any atom is -0.337 e. The van der Waals surface area contributed by atoms with Gasteiger partial charge in [0.05, 0.1) is 5.54 Å². The predicted octanol–water partition coefficient (Wildman–Crippen LogP) is 2.47. The molecule has 1 saturated heterocycles. The van der Waals surface area contributed by atoms with E-state index < -0.39 is 11.1 Å². The van der Waals surface area contributed by atoms with E-state index in [2.05, 4.69) is 0 Å². The van der Waals surface area contributed by atoms with Crippen molar-refractivity contribution in [1.29, 1.82) is 0 Å². The van der Waals surface area contributed by atoms with E-state index in [1.165, 1.54) is 0 Å². The summed E-state index contributed by atoms with van der Waals surface area (Å²) >= 11 is 0. The molecule has 0 aromatic heterocycles. The lowest BCUT2D eigenvalue weighted by Gasteiger charge is -2.53. The lowest BCUT2D eigenvalue weighted by atomic mass is 9.82. The Morgan fingerprint density at radius 3 is 2.06 bits per heavy atom. The van der Waals surface area contributed by atoms with Crippen LogP contribution in [0.15, 0.2) is 0 Å². The molecule has 1 amide bonds. The van der Waals surface area contributed by atoms with Gasteiger partial charge in [0.1, 0.15) is 5.54 Å². The summed E-state index contributed by atoms with van der Waals surface area (Å²) in [7, 11) is 0. The summed E-state index contributed by atoms with van der Waals surface area (Å²) in [6.07, 6.45) is 0.599. The van der Waals surface area contributed by atoms with Crippen LogP contribution in [0.1, 0.15) is 54.9 Å². The average Bonchev–Trinajstić information content (AvgIpc) is 2.20. The molecule has 0 aliphatic carbocycles. The van der Waals surface area contributed by atoms with Crippen molar-refractivity contribution in [3.8, 4) is 0 Å². The highest BCUT2D eigenvalue weighted by molar-refractivity contribution is 5.87. The molecule has 0 aromatic carbocycles. The Hall–Kier alpha value is -0.610. The van der Waals surface area contributed by atoms with Crippen LogP contribution in [0, 0.1) is 5.92 Å². The highest BCUT2D eigenvalue weighted by Gasteiger charge is 2.54. The molecule has 18 heavy (non-hydrogen) atoms. The molecular weight excluding hydrogens is 228 g/mol. The van der Waals surface area contributed by atoms with Gasteiger partial charge in [0.2, 0.25) is 5.91 Å². The molecule has 1 unspecified atom stereocenters. The summed E-state index contributed by atoms with van der Waals surface area (Å²) < 4.78 is 0. The van der Waals surface area contributed by atoms with Gasteiger partial charge in [-0.25, -0.2) is 0 Å². The van der Waals surface area contributed by atoms with Crippen LogP contribution in [0.4, 0.5) is 0 Å². The van der Waals surface area contributed by atoms with E-state index in [1.54, 1.807) is 6.92 Å². The number of carbonyl (C=O) groups is 1. The zero-order valence-corrected chi connectivity index (χ0v) is 12.8. The Kier molecular flexibility index (Phi) is 4.13. The third-order valence-electron chi connectivity index (χ3n) is 3.71. The third-order valence-corrected chi connectivity index (χ3v) is 3.71. The fourth-order valence-corrected chi connectivity index (χ4v) is 3.00. The molecule has 4 heteroatoms. The normalized spacial score (nSPS) is 29.4. The van der Waals surface area contributed by atoms with Crippen molar-refractivity contribution in [3.05, 3.63) is 0 Å². The molecule has 1 rings (SSSR count). The Balaban J connectivity index is 3.15. The summed E-state index contributed by atoms with van der Waals surface area (Å²) in [5.74, 6) is 0.291. The van der Waals surface area contributed by atoms with Crippen molar-refractivity contribution in [1.82, 2.24) is 9.96 Å². The second-order valence-corrected chi connectivity index (χ2v) is 7.01. The van der Waals surface area contributed by atoms with E-state index in [4.69, 9.17) is 0 Å². The Morgan fingerprint density at radius 1 is 1.17 bits per heavy atom. The molecule has 1 atom stereocenters. The maximum absolute atomic E-state index is 12.6. The number of amides is 1. The maximum Gasteiger partial charge on any atom is 0.245 e. The van der Waals surface area contributed by atoms with Gasteiger partial charge in [-0.1, -0.05) is 13.8 Å². The zero-order valence-electron chi connectivity index (χ0n) is 12.8. The molecule has 1 fully saturated rings. The van der Waals surface area contributed by atoms with Gasteiger partial charge in [-0.05, 0) is 47.0 Å². The molecule has 1 radical (unpaired) electrons. The predicted molar refractivity (Wildman–Crippen MR) is 71.3 cm³/mol. The lowest BCUT2D eigenvalue weighted by Crippen LogP contribution is -2.71. The minimum atomic E-state index is -0.930. The number of carbonyl (C=O) groups excluding carboxylic acids is 1. The SMILES string of the molecule is CC(C)CC1(C)C(=O)N(C(C)C)CC(C)(C)N1[O]. The van der Waals surface area contributed by atoms with Crippen LogP contribution in [0.5, 0.6) is 0 Å². The fourth-order valence-electron chi connectivity index (χ4n) is 3.00. The third kappa shape index (κ3) is 2.54. The van der Waals surface area contributed by atoms with Crippen LogP contribution in [-0.2, 0) is 10.0 Å². The zero-order chi connectivity index (χ0) is 14.3. The van der Waals surface area contributed by atoms with E-state index in [0.29, 0.717) is 18.9 Å². The Morgan fingerprint density at radius 2 is 1.67 bits per heavy atom. The second-order valence-electron chi connectivity index (χ2n) is 7.01. The van der Waals surface area contributed by atoms with Crippen molar-refractivity contribution in [3.63, 3.8) is 0 Å². The van der Waals surface area contributed by atoms with E-state index in [0.717, 1.165) is 5.06 Å².